The van der Waals surface area contributed by atoms with Crippen LogP contribution in [-0.2, 0) is 0 Å². The SMILES string of the molecule is O=C(NCCOc1ccccc1C(=O)O)c1ccccc1.[H-].[Na+]. The zero-order valence-electron chi connectivity index (χ0n) is 13.3. The monoisotopic (exact) mass is 309 g/mol. The van der Waals surface area contributed by atoms with Gasteiger partial charge in [-0.25, -0.2) is 4.79 Å². The molecule has 0 saturated heterocycles. The predicted octanol–water partition coefficient (Wildman–Crippen LogP) is -0.690. The zero-order valence-corrected chi connectivity index (χ0v) is 14.3. The van der Waals surface area contributed by atoms with Crippen LogP contribution < -0.4 is 39.6 Å². The van der Waals surface area contributed by atoms with E-state index in [9.17, 15) is 9.59 Å². The van der Waals surface area contributed by atoms with Crippen molar-refractivity contribution in [2.45, 2.75) is 0 Å². The van der Waals surface area contributed by atoms with Crippen LogP contribution in [0.1, 0.15) is 22.1 Å². The standard InChI is InChI=1S/C16H15NO4.Na.H/c18-15(12-6-2-1-3-7-12)17-10-11-21-14-9-5-4-8-13(14)16(19)20;;/h1-9H,10-11H2,(H,17,18)(H,19,20);;/q;+1;-1. The van der Waals surface area contributed by atoms with Crippen LogP contribution in [0.5, 0.6) is 5.75 Å². The van der Waals surface area contributed by atoms with E-state index >= 15 is 0 Å². The summed E-state index contributed by atoms with van der Waals surface area (Å²) < 4.78 is 5.39. The van der Waals surface area contributed by atoms with Crippen LogP contribution in [0.3, 0.4) is 0 Å². The Hall–Kier alpha value is -1.82. The number of carboxylic acid groups (broad SMARTS) is 1. The molecule has 2 aromatic rings. The van der Waals surface area contributed by atoms with E-state index in [0.717, 1.165) is 0 Å². The van der Waals surface area contributed by atoms with Crippen LogP contribution >= 0.6 is 0 Å². The van der Waals surface area contributed by atoms with Crippen molar-refractivity contribution >= 4 is 11.9 Å². The molecule has 5 nitrogen and oxygen atoms in total. The molecule has 6 heteroatoms. The number of carbonyl (C=O) groups is 2. The molecule has 0 heterocycles. The number of amides is 1. The van der Waals surface area contributed by atoms with Crippen molar-refractivity contribution in [1.82, 2.24) is 5.32 Å². The minimum Gasteiger partial charge on any atom is -1.00 e. The van der Waals surface area contributed by atoms with E-state index in [2.05, 4.69) is 5.32 Å². The molecule has 2 N–H and O–H groups in total. The van der Waals surface area contributed by atoms with Gasteiger partial charge in [0.15, 0.2) is 0 Å². The average molecular weight is 309 g/mol. The van der Waals surface area contributed by atoms with E-state index in [-0.39, 0.29) is 49.1 Å². The molecule has 0 aliphatic rings. The van der Waals surface area contributed by atoms with Crippen molar-refractivity contribution < 1.29 is 50.4 Å². The van der Waals surface area contributed by atoms with Crippen LogP contribution in [0, 0.1) is 0 Å². The van der Waals surface area contributed by atoms with Gasteiger partial charge in [-0.15, -0.1) is 0 Å². The van der Waals surface area contributed by atoms with E-state index in [4.69, 9.17) is 9.84 Å². The third-order valence-electron chi connectivity index (χ3n) is 2.80. The fourth-order valence-electron chi connectivity index (χ4n) is 1.79. The maximum atomic E-state index is 11.8. The Bertz CT molecular complexity index is 637. The first-order valence-electron chi connectivity index (χ1n) is 6.47. The Morgan fingerprint density at radius 1 is 1.05 bits per heavy atom. The molecule has 0 aromatic heterocycles. The third kappa shape index (κ3) is 5.18. The first-order valence-corrected chi connectivity index (χ1v) is 6.47. The van der Waals surface area contributed by atoms with Crippen molar-refractivity contribution in [1.29, 1.82) is 0 Å². The van der Waals surface area contributed by atoms with E-state index < -0.39 is 5.97 Å². The molecule has 0 saturated carbocycles. The van der Waals surface area contributed by atoms with Crippen molar-refractivity contribution in [3.63, 3.8) is 0 Å². The van der Waals surface area contributed by atoms with Gasteiger partial charge in [-0.1, -0.05) is 30.3 Å². The first kappa shape index (κ1) is 18.2. The summed E-state index contributed by atoms with van der Waals surface area (Å²) in [4.78, 5) is 22.8. The second-order valence-electron chi connectivity index (χ2n) is 4.27. The maximum Gasteiger partial charge on any atom is 1.00 e. The Kier molecular flexibility index (Phi) is 7.66. The number of hydrogen-bond donors (Lipinski definition) is 2. The summed E-state index contributed by atoms with van der Waals surface area (Å²) in [7, 11) is 0. The largest absolute Gasteiger partial charge is 1.00 e. The normalized spacial score (nSPS) is 9.45. The molecule has 0 aliphatic heterocycles. The summed E-state index contributed by atoms with van der Waals surface area (Å²) in [5.74, 6) is -0.941. The van der Waals surface area contributed by atoms with E-state index in [1.807, 2.05) is 6.07 Å². The number of aromatic carboxylic acids is 1. The van der Waals surface area contributed by atoms with Crippen LogP contribution in [0.4, 0.5) is 0 Å². The molecular weight excluding hydrogens is 293 g/mol. The number of benzene rings is 2. The summed E-state index contributed by atoms with van der Waals surface area (Å²) in [6.45, 7) is 0.491. The predicted molar refractivity (Wildman–Crippen MR) is 78.8 cm³/mol. The van der Waals surface area contributed by atoms with Gasteiger partial charge in [-0.2, -0.15) is 0 Å². The topological polar surface area (TPSA) is 75.6 Å². The number of carbonyl (C=O) groups excluding carboxylic acids is 1. The second kappa shape index (κ2) is 9.25. The molecule has 0 spiro atoms. The molecule has 0 fully saturated rings. The third-order valence-corrected chi connectivity index (χ3v) is 2.80. The van der Waals surface area contributed by atoms with E-state index in [1.54, 1.807) is 42.5 Å². The zero-order chi connectivity index (χ0) is 15.1. The number of para-hydroxylation sites is 1. The average Bonchev–Trinajstić information content (AvgIpc) is 2.52. The second-order valence-corrected chi connectivity index (χ2v) is 4.27. The Morgan fingerprint density at radius 2 is 1.68 bits per heavy atom. The van der Waals surface area contributed by atoms with Gasteiger partial charge in [0.05, 0.1) is 6.54 Å². The van der Waals surface area contributed by atoms with Crippen molar-refractivity contribution in [2.24, 2.45) is 0 Å². The molecule has 0 bridgehead atoms. The number of ether oxygens (including phenoxy) is 1. The minimum atomic E-state index is -1.04. The van der Waals surface area contributed by atoms with E-state index in [1.165, 1.54) is 6.07 Å². The molecule has 2 aromatic carbocycles. The summed E-state index contributed by atoms with van der Waals surface area (Å²) >= 11 is 0. The molecule has 2 rings (SSSR count). The van der Waals surface area contributed by atoms with Crippen LogP contribution in [0.2, 0.25) is 0 Å². The van der Waals surface area contributed by atoms with Gasteiger partial charge in [-0.05, 0) is 24.3 Å². The van der Waals surface area contributed by atoms with Crippen LogP contribution in [0.25, 0.3) is 0 Å². The Morgan fingerprint density at radius 3 is 2.36 bits per heavy atom. The molecule has 0 atom stereocenters. The van der Waals surface area contributed by atoms with Crippen molar-refractivity contribution in [3.8, 4) is 5.75 Å². The van der Waals surface area contributed by atoms with Gasteiger partial charge in [0.25, 0.3) is 5.91 Å². The number of rotatable bonds is 6. The number of nitrogens with one attached hydrogen (secondary N) is 1. The smallest absolute Gasteiger partial charge is 1.00 e. The molecule has 0 radical (unpaired) electrons. The maximum absolute atomic E-state index is 11.8. The molecule has 110 valence electrons. The van der Waals surface area contributed by atoms with Crippen molar-refractivity contribution in [2.75, 3.05) is 13.2 Å². The van der Waals surface area contributed by atoms with Crippen molar-refractivity contribution in [3.05, 3.63) is 65.7 Å². The fourth-order valence-corrected chi connectivity index (χ4v) is 1.79. The fraction of sp³-hybridized carbons (Fsp3) is 0.125. The van der Waals surface area contributed by atoms with Crippen LogP contribution in [0.15, 0.2) is 54.6 Å². The first-order chi connectivity index (χ1) is 10.2. The van der Waals surface area contributed by atoms with Crippen LogP contribution in [-0.4, -0.2) is 30.1 Å². The quantitative estimate of drug-likeness (QED) is 0.547. The summed E-state index contributed by atoms with van der Waals surface area (Å²) in [6.07, 6.45) is 0. The van der Waals surface area contributed by atoms with Gasteiger partial charge in [-0.3, -0.25) is 4.79 Å². The summed E-state index contributed by atoms with van der Waals surface area (Å²) in [5.41, 5.74) is 0.676. The van der Waals surface area contributed by atoms with Gasteiger partial charge < -0.3 is 16.6 Å². The Balaban J connectivity index is 0.00000242. The number of hydrogen-bond acceptors (Lipinski definition) is 3. The molecule has 1 amide bonds. The van der Waals surface area contributed by atoms with Gasteiger partial charge >= 0.3 is 35.5 Å². The van der Waals surface area contributed by atoms with Gasteiger partial charge in [0.2, 0.25) is 0 Å². The summed E-state index contributed by atoms with van der Waals surface area (Å²) in [5, 5.41) is 11.7. The van der Waals surface area contributed by atoms with Gasteiger partial charge in [0.1, 0.15) is 17.9 Å². The Labute approximate surface area is 152 Å². The number of carboxylic acids is 1. The summed E-state index contributed by atoms with van der Waals surface area (Å²) in [6, 6.07) is 15.2. The minimum absolute atomic E-state index is 0. The molecule has 0 aliphatic carbocycles. The molecular formula is C16H16NNaO4. The van der Waals surface area contributed by atoms with E-state index in [0.29, 0.717) is 17.9 Å². The molecule has 0 unspecified atom stereocenters. The molecule has 22 heavy (non-hydrogen) atoms. The van der Waals surface area contributed by atoms with Gasteiger partial charge in [0, 0.05) is 5.56 Å².